The van der Waals surface area contributed by atoms with Gasteiger partial charge in [0.1, 0.15) is 5.75 Å². The number of benzene rings is 2. The molecule has 2 aromatic carbocycles. The highest BCUT2D eigenvalue weighted by Gasteiger charge is 2.37. The Morgan fingerprint density at radius 3 is 2.53 bits per heavy atom. The molecule has 2 aliphatic heterocycles. The second kappa shape index (κ2) is 9.20. The third kappa shape index (κ3) is 4.88. The minimum Gasteiger partial charge on any atom is -0.477 e. The SMILES string of the molecule is CNC(=O)C1CN(CC(=O)N(Cc2ccccc2)C2CCS(=O)(=O)C2)c2ccccc2O1. The van der Waals surface area contributed by atoms with Crippen LogP contribution in [0.4, 0.5) is 5.69 Å². The van der Waals surface area contributed by atoms with Crippen molar-refractivity contribution in [2.75, 3.05) is 36.5 Å². The molecule has 4 rings (SSSR count). The first kappa shape index (κ1) is 22.1. The summed E-state index contributed by atoms with van der Waals surface area (Å²) in [6, 6.07) is 16.5. The van der Waals surface area contributed by atoms with E-state index in [1.54, 1.807) is 18.0 Å². The lowest BCUT2D eigenvalue weighted by molar-refractivity contribution is -0.133. The van der Waals surface area contributed by atoms with Crippen molar-refractivity contribution >= 4 is 27.3 Å². The first-order valence-corrected chi connectivity index (χ1v) is 12.4. The van der Waals surface area contributed by atoms with Crippen molar-refractivity contribution in [1.29, 1.82) is 0 Å². The zero-order chi connectivity index (χ0) is 22.7. The quantitative estimate of drug-likeness (QED) is 0.701. The zero-order valence-corrected chi connectivity index (χ0v) is 18.8. The predicted octanol–water partition coefficient (Wildman–Crippen LogP) is 1.22. The molecule has 2 aromatic rings. The van der Waals surface area contributed by atoms with Crippen LogP contribution in [0.5, 0.6) is 5.75 Å². The van der Waals surface area contributed by atoms with E-state index in [1.165, 1.54) is 0 Å². The molecule has 0 radical (unpaired) electrons. The third-order valence-electron chi connectivity index (χ3n) is 5.89. The molecule has 170 valence electrons. The summed E-state index contributed by atoms with van der Waals surface area (Å²) in [4.78, 5) is 29.3. The van der Waals surface area contributed by atoms with Gasteiger partial charge in [0.05, 0.1) is 30.3 Å². The molecule has 1 N–H and O–H groups in total. The fourth-order valence-corrected chi connectivity index (χ4v) is 5.96. The summed E-state index contributed by atoms with van der Waals surface area (Å²) in [5.41, 5.74) is 1.68. The number of fused-ring (bicyclic) bond motifs is 1. The summed E-state index contributed by atoms with van der Waals surface area (Å²) in [5, 5.41) is 2.60. The number of amides is 2. The zero-order valence-electron chi connectivity index (χ0n) is 17.9. The number of carbonyl (C=O) groups excluding carboxylic acids is 2. The van der Waals surface area contributed by atoms with Gasteiger partial charge in [-0.2, -0.15) is 0 Å². The van der Waals surface area contributed by atoms with Gasteiger partial charge in [-0.25, -0.2) is 8.42 Å². The number of hydrogen-bond donors (Lipinski definition) is 1. The molecule has 0 saturated carbocycles. The molecule has 0 bridgehead atoms. The van der Waals surface area contributed by atoms with E-state index in [2.05, 4.69) is 5.32 Å². The van der Waals surface area contributed by atoms with Gasteiger partial charge in [-0.05, 0) is 24.1 Å². The first-order valence-electron chi connectivity index (χ1n) is 10.6. The molecule has 0 aliphatic carbocycles. The van der Waals surface area contributed by atoms with Crippen LogP contribution in [0.1, 0.15) is 12.0 Å². The van der Waals surface area contributed by atoms with Crippen LogP contribution in [0.3, 0.4) is 0 Å². The number of anilines is 1. The number of hydrogen-bond acceptors (Lipinski definition) is 6. The molecular formula is C23H27N3O5S. The lowest BCUT2D eigenvalue weighted by Crippen LogP contribution is -2.52. The molecule has 9 heteroatoms. The van der Waals surface area contributed by atoms with Crippen molar-refractivity contribution in [1.82, 2.24) is 10.2 Å². The highest BCUT2D eigenvalue weighted by atomic mass is 32.2. The average Bonchev–Trinajstić information content (AvgIpc) is 3.16. The van der Waals surface area contributed by atoms with Crippen LogP contribution in [0.2, 0.25) is 0 Å². The van der Waals surface area contributed by atoms with E-state index in [4.69, 9.17) is 4.74 Å². The summed E-state index contributed by atoms with van der Waals surface area (Å²) in [5.74, 6) is 0.170. The number of carbonyl (C=O) groups is 2. The van der Waals surface area contributed by atoms with Gasteiger partial charge >= 0.3 is 0 Å². The Balaban J connectivity index is 1.58. The topological polar surface area (TPSA) is 96.0 Å². The number of rotatable bonds is 6. The molecule has 2 aliphatic rings. The van der Waals surface area contributed by atoms with Crippen LogP contribution in [0.25, 0.3) is 0 Å². The minimum absolute atomic E-state index is 0.0217. The van der Waals surface area contributed by atoms with Crippen LogP contribution in [0.15, 0.2) is 54.6 Å². The van der Waals surface area contributed by atoms with Gasteiger partial charge in [-0.1, -0.05) is 42.5 Å². The summed E-state index contributed by atoms with van der Waals surface area (Å²) < 4.78 is 30.1. The van der Waals surface area contributed by atoms with Gasteiger partial charge in [0.25, 0.3) is 5.91 Å². The molecule has 8 nitrogen and oxygen atoms in total. The summed E-state index contributed by atoms with van der Waals surface area (Å²) in [7, 11) is -1.61. The van der Waals surface area contributed by atoms with E-state index in [0.717, 1.165) is 11.3 Å². The summed E-state index contributed by atoms with van der Waals surface area (Å²) in [6.45, 7) is 0.590. The Kier molecular flexibility index (Phi) is 6.36. The van der Waals surface area contributed by atoms with E-state index in [1.807, 2.05) is 53.4 Å². The van der Waals surface area contributed by atoms with Gasteiger partial charge in [-0.3, -0.25) is 9.59 Å². The molecule has 1 saturated heterocycles. The van der Waals surface area contributed by atoms with Crippen molar-refractivity contribution in [2.24, 2.45) is 0 Å². The van der Waals surface area contributed by atoms with E-state index < -0.39 is 15.9 Å². The maximum Gasteiger partial charge on any atom is 0.262 e. The standard InChI is InChI=1S/C23H27N3O5S/c1-24-23(28)21-14-25(19-9-5-6-10-20(19)31-21)15-22(27)26(13-17-7-3-2-4-8-17)18-11-12-32(29,30)16-18/h2-10,18,21H,11-16H2,1H3,(H,24,28). The van der Waals surface area contributed by atoms with Crippen LogP contribution >= 0.6 is 0 Å². The monoisotopic (exact) mass is 457 g/mol. The van der Waals surface area contributed by atoms with E-state index in [9.17, 15) is 18.0 Å². The van der Waals surface area contributed by atoms with E-state index in [0.29, 0.717) is 18.7 Å². The van der Waals surface area contributed by atoms with Crippen LogP contribution in [0, 0.1) is 0 Å². The maximum absolute atomic E-state index is 13.5. The smallest absolute Gasteiger partial charge is 0.262 e. The number of ether oxygens (including phenoxy) is 1. The molecule has 1 fully saturated rings. The third-order valence-corrected chi connectivity index (χ3v) is 7.64. The molecule has 0 spiro atoms. The molecule has 0 aromatic heterocycles. The lowest BCUT2D eigenvalue weighted by atomic mass is 10.1. The second-order valence-electron chi connectivity index (χ2n) is 8.13. The highest BCUT2D eigenvalue weighted by Crippen LogP contribution is 2.33. The number of nitrogens with one attached hydrogen (secondary N) is 1. The van der Waals surface area contributed by atoms with Crippen LogP contribution < -0.4 is 15.0 Å². The van der Waals surface area contributed by atoms with Crippen molar-refractivity contribution in [3.05, 3.63) is 60.2 Å². The number of nitrogens with zero attached hydrogens (tertiary/aromatic N) is 2. The van der Waals surface area contributed by atoms with Gasteiger partial charge in [0, 0.05) is 19.6 Å². The fourth-order valence-electron chi connectivity index (χ4n) is 4.23. The molecule has 2 amide bonds. The van der Waals surface area contributed by atoms with Crippen molar-refractivity contribution in [3.63, 3.8) is 0 Å². The van der Waals surface area contributed by atoms with Gasteiger partial charge < -0.3 is 19.9 Å². The van der Waals surface area contributed by atoms with E-state index in [-0.39, 0.29) is 42.5 Å². The number of para-hydroxylation sites is 2. The van der Waals surface area contributed by atoms with E-state index >= 15 is 0 Å². The summed E-state index contributed by atoms with van der Waals surface area (Å²) >= 11 is 0. The van der Waals surface area contributed by atoms with Gasteiger partial charge in [0.15, 0.2) is 15.9 Å². The molecule has 2 atom stereocenters. The predicted molar refractivity (Wildman–Crippen MR) is 121 cm³/mol. The Hall–Kier alpha value is -3.07. The molecule has 2 heterocycles. The normalized spacial score (nSPS) is 21.3. The highest BCUT2D eigenvalue weighted by molar-refractivity contribution is 7.91. The van der Waals surface area contributed by atoms with Crippen molar-refractivity contribution < 1.29 is 22.7 Å². The molecule has 2 unspecified atom stereocenters. The van der Waals surface area contributed by atoms with Crippen LogP contribution in [-0.4, -0.2) is 68.9 Å². The number of sulfone groups is 1. The fraction of sp³-hybridized carbons (Fsp3) is 0.391. The Morgan fingerprint density at radius 2 is 1.84 bits per heavy atom. The Morgan fingerprint density at radius 1 is 1.12 bits per heavy atom. The minimum atomic E-state index is -3.15. The van der Waals surface area contributed by atoms with Crippen molar-refractivity contribution in [3.8, 4) is 5.75 Å². The largest absolute Gasteiger partial charge is 0.477 e. The first-order chi connectivity index (χ1) is 15.4. The maximum atomic E-state index is 13.5. The number of likely N-dealkylation sites (N-methyl/N-ethyl adjacent to an activating group) is 1. The second-order valence-corrected chi connectivity index (χ2v) is 10.4. The average molecular weight is 458 g/mol. The molecule has 32 heavy (non-hydrogen) atoms. The van der Waals surface area contributed by atoms with Gasteiger partial charge in [-0.15, -0.1) is 0 Å². The Bertz CT molecular complexity index is 1090. The van der Waals surface area contributed by atoms with Crippen molar-refractivity contribution in [2.45, 2.75) is 25.1 Å². The lowest BCUT2D eigenvalue weighted by Gasteiger charge is -2.37. The van der Waals surface area contributed by atoms with Gasteiger partial charge in [0.2, 0.25) is 5.91 Å². The Labute approximate surface area is 188 Å². The van der Waals surface area contributed by atoms with Crippen LogP contribution in [-0.2, 0) is 26.0 Å². The summed E-state index contributed by atoms with van der Waals surface area (Å²) in [6.07, 6.45) is -0.307. The molecular weight excluding hydrogens is 430 g/mol.